The van der Waals surface area contributed by atoms with Crippen LogP contribution in [0.5, 0.6) is 5.88 Å². The first kappa shape index (κ1) is 13.1. The zero-order valence-corrected chi connectivity index (χ0v) is 11.1. The van der Waals surface area contributed by atoms with E-state index in [2.05, 4.69) is 10.2 Å². The third kappa shape index (κ3) is 3.10. The Hall–Kier alpha value is -1.37. The molecule has 7 heteroatoms. The number of nitrogens with zero attached hydrogens (tertiary/aromatic N) is 2. The van der Waals surface area contributed by atoms with E-state index in [1.807, 2.05) is 0 Å². The van der Waals surface area contributed by atoms with Crippen molar-refractivity contribution in [3.8, 4) is 5.88 Å². The fourth-order valence-electron chi connectivity index (χ4n) is 2.13. The summed E-state index contributed by atoms with van der Waals surface area (Å²) in [6.45, 7) is 0. The van der Waals surface area contributed by atoms with Crippen LogP contribution < -0.4 is 10.5 Å². The molecule has 1 aliphatic heterocycles. The van der Waals surface area contributed by atoms with Crippen molar-refractivity contribution in [3.05, 3.63) is 11.8 Å². The smallest absolute Gasteiger partial charge is 0.256 e. The molecule has 0 unspecified atom stereocenters. The quantitative estimate of drug-likeness (QED) is 0.856. The van der Waals surface area contributed by atoms with Gasteiger partial charge in [0.2, 0.25) is 0 Å². The topological polar surface area (TPSA) is 95.2 Å². The number of hydrogen-bond acceptors (Lipinski definition) is 6. The zero-order valence-electron chi connectivity index (χ0n) is 10.3. The molecule has 18 heavy (non-hydrogen) atoms. The van der Waals surface area contributed by atoms with Crippen molar-refractivity contribution in [3.63, 3.8) is 0 Å². The molecule has 0 aliphatic carbocycles. The summed E-state index contributed by atoms with van der Waals surface area (Å²) in [5.41, 5.74) is 7.01. The highest BCUT2D eigenvalue weighted by atomic mass is 32.2. The monoisotopic (exact) mass is 271 g/mol. The molecule has 6 nitrogen and oxygen atoms in total. The highest BCUT2D eigenvalue weighted by molar-refractivity contribution is 7.91. The summed E-state index contributed by atoms with van der Waals surface area (Å²) in [5.74, 6) is 1.22. The Balaban J connectivity index is 2.00. The van der Waals surface area contributed by atoms with Gasteiger partial charge in [-0.25, -0.2) is 8.42 Å². The molecular weight excluding hydrogens is 254 g/mol. The Bertz CT molecular complexity index is 516. The Morgan fingerprint density at radius 1 is 1.39 bits per heavy atom. The van der Waals surface area contributed by atoms with Crippen molar-refractivity contribution in [1.29, 1.82) is 0 Å². The molecule has 0 amide bonds. The largest absolute Gasteiger partial charge is 0.478 e. The van der Waals surface area contributed by atoms with Gasteiger partial charge in [0, 0.05) is 0 Å². The minimum Gasteiger partial charge on any atom is -0.478 e. The SMILES string of the molecule is COc1nnc(CC2CCS(=O)(=O)CC2)cc1N. The normalized spacial score (nSPS) is 19.6. The van der Waals surface area contributed by atoms with Crippen molar-refractivity contribution >= 4 is 15.5 Å². The van der Waals surface area contributed by atoms with Crippen LogP contribution in [0.25, 0.3) is 0 Å². The first-order valence-electron chi connectivity index (χ1n) is 5.86. The number of methoxy groups -OCH3 is 1. The lowest BCUT2D eigenvalue weighted by atomic mass is 9.97. The molecule has 1 aliphatic rings. The van der Waals surface area contributed by atoms with Gasteiger partial charge in [0.1, 0.15) is 9.84 Å². The first-order chi connectivity index (χ1) is 8.50. The maximum Gasteiger partial charge on any atom is 0.256 e. The second-order valence-electron chi connectivity index (χ2n) is 4.60. The number of rotatable bonds is 3. The van der Waals surface area contributed by atoms with Crippen LogP contribution in [0.2, 0.25) is 0 Å². The summed E-state index contributed by atoms with van der Waals surface area (Å²) in [7, 11) is -1.32. The van der Waals surface area contributed by atoms with Gasteiger partial charge in [0.25, 0.3) is 5.88 Å². The molecule has 2 rings (SSSR count). The maximum absolute atomic E-state index is 11.3. The van der Waals surface area contributed by atoms with Crippen molar-refractivity contribution in [1.82, 2.24) is 10.2 Å². The van der Waals surface area contributed by atoms with Gasteiger partial charge >= 0.3 is 0 Å². The van der Waals surface area contributed by atoms with E-state index in [-0.39, 0.29) is 11.5 Å². The van der Waals surface area contributed by atoms with Gasteiger partial charge in [0.15, 0.2) is 0 Å². The lowest BCUT2D eigenvalue weighted by Gasteiger charge is -2.21. The van der Waals surface area contributed by atoms with E-state index < -0.39 is 9.84 Å². The van der Waals surface area contributed by atoms with Crippen LogP contribution in [0.4, 0.5) is 5.69 Å². The number of nitrogen functional groups attached to an aromatic ring is 1. The lowest BCUT2D eigenvalue weighted by Crippen LogP contribution is -2.24. The van der Waals surface area contributed by atoms with Crippen LogP contribution in [0.1, 0.15) is 18.5 Å². The van der Waals surface area contributed by atoms with Crippen molar-refractivity contribution in [2.75, 3.05) is 24.3 Å². The number of nitrogens with two attached hydrogens (primary N) is 1. The van der Waals surface area contributed by atoms with Crippen molar-refractivity contribution < 1.29 is 13.2 Å². The fraction of sp³-hybridized carbons (Fsp3) is 0.636. The van der Waals surface area contributed by atoms with Crippen molar-refractivity contribution in [2.24, 2.45) is 5.92 Å². The fourth-order valence-corrected chi connectivity index (χ4v) is 3.72. The molecule has 0 spiro atoms. The molecule has 1 aromatic heterocycles. The van der Waals surface area contributed by atoms with Crippen LogP contribution in [0.3, 0.4) is 0 Å². The lowest BCUT2D eigenvalue weighted by molar-refractivity contribution is 0.392. The van der Waals surface area contributed by atoms with E-state index >= 15 is 0 Å². The van der Waals surface area contributed by atoms with Gasteiger partial charge in [-0.3, -0.25) is 0 Å². The molecule has 0 bridgehead atoms. The van der Waals surface area contributed by atoms with E-state index in [4.69, 9.17) is 10.5 Å². The summed E-state index contributed by atoms with van der Waals surface area (Å²) in [6.07, 6.45) is 2.10. The van der Waals surface area contributed by atoms with Crippen molar-refractivity contribution in [2.45, 2.75) is 19.3 Å². The molecule has 0 aromatic carbocycles. The predicted molar refractivity (Wildman–Crippen MR) is 68.1 cm³/mol. The summed E-state index contributed by atoms with van der Waals surface area (Å²) >= 11 is 0. The Labute approximate surface area is 106 Å². The van der Waals surface area contributed by atoms with Gasteiger partial charge in [-0.15, -0.1) is 5.10 Å². The van der Waals surface area contributed by atoms with Crippen LogP contribution in [-0.2, 0) is 16.3 Å². The number of hydrogen-bond donors (Lipinski definition) is 1. The highest BCUT2D eigenvalue weighted by Gasteiger charge is 2.24. The van der Waals surface area contributed by atoms with E-state index in [0.717, 1.165) is 12.1 Å². The zero-order chi connectivity index (χ0) is 13.2. The molecule has 2 heterocycles. The number of sulfone groups is 1. The predicted octanol–water partition coefficient (Wildman–Crippen LogP) is 0.435. The molecule has 0 saturated carbocycles. The van der Waals surface area contributed by atoms with E-state index in [0.29, 0.717) is 30.3 Å². The number of ether oxygens (including phenoxy) is 1. The second kappa shape index (κ2) is 5.09. The molecule has 1 saturated heterocycles. The third-order valence-corrected chi connectivity index (χ3v) is 4.92. The van der Waals surface area contributed by atoms with Gasteiger partial charge in [-0.05, 0) is 31.2 Å². The maximum atomic E-state index is 11.3. The summed E-state index contributed by atoms with van der Waals surface area (Å²) in [6, 6.07) is 1.74. The molecule has 0 radical (unpaired) electrons. The Morgan fingerprint density at radius 3 is 2.61 bits per heavy atom. The molecule has 0 atom stereocenters. The first-order valence-corrected chi connectivity index (χ1v) is 7.69. The molecule has 1 aromatic rings. The second-order valence-corrected chi connectivity index (χ2v) is 6.90. The van der Waals surface area contributed by atoms with Crippen LogP contribution in [0, 0.1) is 5.92 Å². The minimum atomic E-state index is -2.81. The number of anilines is 1. The summed E-state index contributed by atoms with van der Waals surface area (Å²) in [4.78, 5) is 0. The van der Waals surface area contributed by atoms with Crippen LogP contribution in [0.15, 0.2) is 6.07 Å². The molecular formula is C11H17N3O3S. The number of aromatic nitrogens is 2. The standard InChI is InChI=1S/C11H17N3O3S/c1-17-11-10(12)7-9(13-14-11)6-8-2-4-18(15,16)5-3-8/h7-8H,2-6H2,1H3,(H2,12,13). The molecule has 2 N–H and O–H groups in total. The Kier molecular flexibility index (Phi) is 3.70. The van der Waals surface area contributed by atoms with Gasteiger partial charge < -0.3 is 10.5 Å². The summed E-state index contributed by atoms with van der Waals surface area (Å²) in [5, 5.41) is 7.91. The van der Waals surface area contributed by atoms with Gasteiger partial charge in [-0.2, -0.15) is 5.10 Å². The van der Waals surface area contributed by atoms with Crippen LogP contribution >= 0.6 is 0 Å². The summed E-state index contributed by atoms with van der Waals surface area (Å²) < 4.78 is 27.6. The Morgan fingerprint density at radius 2 is 2.06 bits per heavy atom. The van der Waals surface area contributed by atoms with Gasteiger partial charge in [0.05, 0.1) is 30.0 Å². The minimum absolute atomic E-state index is 0.275. The van der Waals surface area contributed by atoms with Crippen LogP contribution in [-0.4, -0.2) is 37.2 Å². The van der Waals surface area contributed by atoms with E-state index in [1.54, 1.807) is 6.07 Å². The molecule has 1 fully saturated rings. The van der Waals surface area contributed by atoms with E-state index in [1.165, 1.54) is 7.11 Å². The average Bonchev–Trinajstić information content (AvgIpc) is 2.32. The highest BCUT2D eigenvalue weighted by Crippen LogP contribution is 2.24. The molecule has 100 valence electrons. The van der Waals surface area contributed by atoms with E-state index in [9.17, 15) is 8.42 Å². The third-order valence-electron chi connectivity index (χ3n) is 3.20. The van der Waals surface area contributed by atoms with Gasteiger partial charge in [-0.1, -0.05) is 0 Å². The average molecular weight is 271 g/mol.